The average Bonchev–Trinajstić information content (AvgIpc) is 2.52. The number of rotatable bonds is 4. The van der Waals surface area contributed by atoms with Crippen LogP contribution < -0.4 is 5.32 Å². The second-order valence-corrected chi connectivity index (χ2v) is 6.27. The Kier molecular flexibility index (Phi) is 5.01. The molecule has 1 atom stereocenters. The third-order valence-corrected chi connectivity index (χ3v) is 4.18. The maximum Gasteiger partial charge on any atom is 0.417 e. The van der Waals surface area contributed by atoms with Gasteiger partial charge in [-0.25, -0.2) is 4.79 Å². The van der Waals surface area contributed by atoms with Crippen LogP contribution in [-0.2, 0) is 6.18 Å². The summed E-state index contributed by atoms with van der Waals surface area (Å²) in [4.78, 5) is 23.1. The van der Waals surface area contributed by atoms with Gasteiger partial charge in [0.1, 0.15) is 0 Å². The van der Waals surface area contributed by atoms with Crippen LogP contribution in [0.25, 0.3) is 0 Å². The zero-order valence-corrected chi connectivity index (χ0v) is 13.1. The summed E-state index contributed by atoms with van der Waals surface area (Å²) < 4.78 is 39.4. The van der Waals surface area contributed by atoms with E-state index in [0.29, 0.717) is 6.07 Å². The number of carbonyl (C=O) groups is 2. The molecule has 1 aromatic carbocycles. The van der Waals surface area contributed by atoms with Crippen LogP contribution in [0.5, 0.6) is 0 Å². The monoisotopic (exact) mass is 341 g/mol. The third-order valence-electron chi connectivity index (χ3n) is 4.18. The van der Waals surface area contributed by atoms with Crippen molar-refractivity contribution >= 4 is 11.9 Å². The Bertz CT molecular complexity index is 682. The number of carbonyl (C=O) groups excluding carboxylic acids is 1. The summed E-state index contributed by atoms with van der Waals surface area (Å²) in [5.74, 6) is -2.33. The van der Waals surface area contributed by atoms with Crippen LogP contribution in [-0.4, -0.2) is 23.5 Å². The SMILES string of the molecule is CC1(CNC(=O)c2ccc(C(=O)O)cc2C(F)(F)F)CC=CCC1. The number of alkyl halides is 3. The summed E-state index contributed by atoms with van der Waals surface area (Å²) in [7, 11) is 0. The fourth-order valence-corrected chi connectivity index (χ4v) is 2.68. The number of carboxylic acid groups (broad SMARTS) is 1. The highest BCUT2D eigenvalue weighted by Crippen LogP contribution is 2.34. The molecule has 4 nitrogen and oxygen atoms in total. The van der Waals surface area contributed by atoms with Crippen molar-refractivity contribution in [3.8, 4) is 0 Å². The van der Waals surface area contributed by atoms with Crippen molar-refractivity contribution in [2.75, 3.05) is 6.54 Å². The van der Waals surface area contributed by atoms with Crippen LogP contribution in [0.4, 0.5) is 13.2 Å². The normalized spacial score (nSPS) is 20.7. The molecule has 0 spiro atoms. The first-order chi connectivity index (χ1) is 11.1. The second-order valence-electron chi connectivity index (χ2n) is 6.27. The van der Waals surface area contributed by atoms with Crippen LogP contribution in [0.3, 0.4) is 0 Å². The van der Waals surface area contributed by atoms with Gasteiger partial charge < -0.3 is 10.4 Å². The van der Waals surface area contributed by atoms with E-state index in [0.717, 1.165) is 31.4 Å². The molecular weight excluding hydrogens is 323 g/mol. The lowest BCUT2D eigenvalue weighted by Crippen LogP contribution is -2.37. The summed E-state index contributed by atoms with van der Waals surface area (Å²) >= 11 is 0. The molecule has 7 heteroatoms. The molecule has 1 amide bonds. The quantitative estimate of drug-likeness (QED) is 0.817. The number of carboxylic acids is 1. The first kappa shape index (κ1) is 18.0. The molecule has 1 aromatic rings. The van der Waals surface area contributed by atoms with Gasteiger partial charge in [0.15, 0.2) is 0 Å². The lowest BCUT2D eigenvalue weighted by molar-refractivity contribution is -0.137. The van der Waals surface area contributed by atoms with E-state index in [9.17, 15) is 22.8 Å². The van der Waals surface area contributed by atoms with E-state index >= 15 is 0 Å². The standard InChI is InChI=1S/C17H18F3NO3/c1-16(7-3-2-4-8-16)10-21-14(22)12-6-5-11(15(23)24)9-13(12)17(18,19)20/h2-3,5-6,9H,4,7-8,10H2,1H3,(H,21,22)(H,23,24). The topological polar surface area (TPSA) is 66.4 Å². The lowest BCUT2D eigenvalue weighted by Gasteiger charge is -2.31. The highest BCUT2D eigenvalue weighted by atomic mass is 19.4. The van der Waals surface area contributed by atoms with E-state index in [1.54, 1.807) is 0 Å². The van der Waals surface area contributed by atoms with Gasteiger partial charge in [0, 0.05) is 6.54 Å². The Hall–Kier alpha value is -2.31. The molecule has 0 bridgehead atoms. The van der Waals surface area contributed by atoms with E-state index in [2.05, 4.69) is 5.32 Å². The van der Waals surface area contributed by atoms with Crippen LogP contribution >= 0.6 is 0 Å². The highest BCUT2D eigenvalue weighted by molar-refractivity contribution is 5.97. The molecule has 24 heavy (non-hydrogen) atoms. The van der Waals surface area contributed by atoms with Gasteiger partial charge in [-0.05, 0) is 42.9 Å². The van der Waals surface area contributed by atoms with Crippen LogP contribution in [0.15, 0.2) is 30.4 Å². The van der Waals surface area contributed by atoms with E-state index in [-0.39, 0.29) is 12.0 Å². The number of nitrogens with one attached hydrogen (secondary N) is 1. The van der Waals surface area contributed by atoms with E-state index in [4.69, 9.17) is 5.11 Å². The maximum absolute atomic E-state index is 13.1. The Balaban J connectivity index is 2.22. The first-order valence-corrected chi connectivity index (χ1v) is 7.50. The molecule has 0 fully saturated rings. The van der Waals surface area contributed by atoms with Crippen molar-refractivity contribution in [2.45, 2.75) is 32.4 Å². The molecule has 2 N–H and O–H groups in total. The summed E-state index contributed by atoms with van der Waals surface area (Å²) in [5.41, 5.74) is -2.51. The Morgan fingerprint density at radius 2 is 2.00 bits per heavy atom. The van der Waals surface area contributed by atoms with Crippen molar-refractivity contribution in [1.82, 2.24) is 5.32 Å². The van der Waals surface area contributed by atoms with Gasteiger partial charge in [-0.15, -0.1) is 0 Å². The Morgan fingerprint density at radius 1 is 1.29 bits per heavy atom. The molecule has 0 heterocycles. The number of halogens is 3. The fourth-order valence-electron chi connectivity index (χ4n) is 2.68. The number of allylic oxidation sites excluding steroid dienone is 2. The predicted octanol–water partition coefficient (Wildman–Crippen LogP) is 3.88. The number of hydrogen-bond acceptors (Lipinski definition) is 2. The predicted molar refractivity (Wildman–Crippen MR) is 81.8 cm³/mol. The largest absolute Gasteiger partial charge is 0.478 e. The summed E-state index contributed by atoms with van der Waals surface area (Å²) in [6, 6.07) is 2.39. The highest BCUT2D eigenvalue weighted by Gasteiger charge is 2.36. The van der Waals surface area contributed by atoms with Crippen molar-refractivity contribution in [1.29, 1.82) is 0 Å². The van der Waals surface area contributed by atoms with E-state index in [1.165, 1.54) is 0 Å². The van der Waals surface area contributed by atoms with Gasteiger partial charge in [0.25, 0.3) is 5.91 Å². The van der Waals surface area contributed by atoms with Gasteiger partial charge in [-0.2, -0.15) is 13.2 Å². The molecule has 130 valence electrons. The zero-order chi connectivity index (χ0) is 18.0. The molecule has 1 unspecified atom stereocenters. The van der Waals surface area contributed by atoms with Gasteiger partial charge in [0.05, 0.1) is 16.7 Å². The van der Waals surface area contributed by atoms with Gasteiger partial charge in [-0.1, -0.05) is 19.1 Å². The summed E-state index contributed by atoms with van der Waals surface area (Å²) in [6.45, 7) is 2.23. The average molecular weight is 341 g/mol. The van der Waals surface area contributed by atoms with Gasteiger partial charge in [0.2, 0.25) is 0 Å². The first-order valence-electron chi connectivity index (χ1n) is 7.50. The van der Waals surface area contributed by atoms with E-state index in [1.807, 2.05) is 19.1 Å². The van der Waals surface area contributed by atoms with E-state index < -0.39 is 34.7 Å². The minimum absolute atomic E-state index is 0.191. The maximum atomic E-state index is 13.1. The molecule has 0 aromatic heterocycles. The fraction of sp³-hybridized carbons (Fsp3) is 0.412. The number of aromatic carboxylic acids is 1. The molecule has 0 saturated carbocycles. The van der Waals surface area contributed by atoms with Crippen molar-refractivity contribution < 1.29 is 27.9 Å². The summed E-state index contributed by atoms with van der Waals surface area (Å²) in [5, 5.41) is 11.4. The Morgan fingerprint density at radius 3 is 2.54 bits per heavy atom. The number of hydrogen-bond donors (Lipinski definition) is 2. The molecule has 0 aliphatic heterocycles. The lowest BCUT2D eigenvalue weighted by atomic mass is 9.79. The smallest absolute Gasteiger partial charge is 0.417 e. The van der Waals surface area contributed by atoms with Crippen molar-refractivity contribution in [3.63, 3.8) is 0 Å². The van der Waals surface area contributed by atoms with Crippen LogP contribution in [0, 0.1) is 5.41 Å². The minimum atomic E-state index is -4.81. The molecular formula is C17H18F3NO3. The van der Waals surface area contributed by atoms with Gasteiger partial charge >= 0.3 is 12.1 Å². The van der Waals surface area contributed by atoms with Gasteiger partial charge in [-0.3, -0.25) is 4.79 Å². The third kappa shape index (κ3) is 4.15. The number of amides is 1. The molecule has 0 saturated heterocycles. The molecule has 1 aliphatic rings. The Labute approximate surface area is 137 Å². The van der Waals surface area contributed by atoms with Crippen molar-refractivity contribution in [3.05, 3.63) is 47.0 Å². The number of benzene rings is 1. The molecule has 1 aliphatic carbocycles. The van der Waals surface area contributed by atoms with Crippen LogP contribution in [0.1, 0.15) is 52.5 Å². The van der Waals surface area contributed by atoms with Crippen molar-refractivity contribution in [2.24, 2.45) is 5.41 Å². The van der Waals surface area contributed by atoms with Crippen LogP contribution in [0.2, 0.25) is 0 Å². The zero-order valence-electron chi connectivity index (χ0n) is 13.1. The summed E-state index contributed by atoms with van der Waals surface area (Å²) in [6.07, 6.45) is 1.68. The molecule has 0 radical (unpaired) electrons. The second kappa shape index (κ2) is 6.67. The molecule has 2 rings (SSSR count). The minimum Gasteiger partial charge on any atom is -0.478 e.